The molecule has 1 fully saturated rings. The fourth-order valence-electron chi connectivity index (χ4n) is 2.21. The van der Waals surface area contributed by atoms with E-state index in [4.69, 9.17) is 10.00 Å². The second-order valence-electron chi connectivity index (χ2n) is 4.33. The first-order valence-electron chi connectivity index (χ1n) is 5.70. The zero-order chi connectivity index (χ0) is 13.2. The van der Waals surface area contributed by atoms with Gasteiger partial charge in [-0.3, -0.25) is 0 Å². The van der Waals surface area contributed by atoms with Gasteiger partial charge in [-0.2, -0.15) is 5.26 Å². The summed E-state index contributed by atoms with van der Waals surface area (Å²) < 4.78 is 18.9. The summed E-state index contributed by atoms with van der Waals surface area (Å²) in [5.74, 6) is -1.76. The fourth-order valence-corrected chi connectivity index (χ4v) is 2.21. The van der Waals surface area contributed by atoms with Crippen LogP contribution < -0.4 is 4.74 Å². The van der Waals surface area contributed by atoms with Crippen LogP contribution >= 0.6 is 0 Å². The highest BCUT2D eigenvalue weighted by molar-refractivity contribution is 5.78. The van der Waals surface area contributed by atoms with Gasteiger partial charge in [0.25, 0.3) is 0 Å². The molecular formula is C13H12FNO3. The van der Waals surface area contributed by atoms with Gasteiger partial charge in [0, 0.05) is 0 Å². The van der Waals surface area contributed by atoms with Crippen molar-refractivity contribution in [2.45, 2.75) is 31.3 Å². The van der Waals surface area contributed by atoms with Gasteiger partial charge in [0.15, 0.2) is 0 Å². The number of aliphatic carboxylic acids is 1. The topological polar surface area (TPSA) is 70.3 Å². The van der Waals surface area contributed by atoms with Crippen molar-refractivity contribution in [1.82, 2.24) is 0 Å². The highest BCUT2D eigenvalue weighted by Crippen LogP contribution is 2.36. The third-order valence-electron chi connectivity index (χ3n) is 3.19. The molecule has 0 spiro atoms. The van der Waals surface area contributed by atoms with Gasteiger partial charge in [0.1, 0.15) is 23.2 Å². The Morgan fingerprint density at radius 1 is 1.44 bits per heavy atom. The van der Waals surface area contributed by atoms with Gasteiger partial charge in [-0.05, 0) is 37.8 Å². The van der Waals surface area contributed by atoms with E-state index in [-0.39, 0.29) is 11.3 Å². The quantitative estimate of drug-likeness (QED) is 0.893. The minimum atomic E-state index is -1.32. The van der Waals surface area contributed by atoms with E-state index in [2.05, 4.69) is 0 Å². The molecule has 0 heterocycles. The van der Waals surface area contributed by atoms with Crippen LogP contribution in [0.1, 0.15) is 31.2 Å². The Kier molecular flexibility index (Phi) is 3.19. The van der Waals surface area contributed by atoms with E-state index in [9.17, 15) is 14.3 Å². The summed E-state index contributed by atoms with van der Waals surface area (Å²) in [4.78, 5) is 11.3. The molecule has 0 bridgehead atoms. The normalized spacial score (nSPS) is 17.1. The van der Waals surface area contributed by atoms with Crippen LogP contribution in [0.15, 0.2) is 18.2 Å². The first kappa shape index (κ1) is 12.4. The van der Waals surface area contributed by atoms with Crippen LogP contribution in [0.2, 0.25) is 0 Å². The summed E-state index contributed by atoms with van der Waals surface area (Å²) in [6.07, 6.45) is 2.26. The maximum Gasteiger partial charge on any atom is 0.348 e. The fraction of sp³-hybridized carbons (Fsp3) is 0.385. The molecule has 0 unspecified atom stereocenters. The number of nitriles is 1. The van der Waals surface area contributed by atoms with Crippen LogP contribution in [-0.2, 0) is 4.79 Å². The highest BCUT2D eigenvalue weighted by Gasteiger charge is 2.44. The van der Waals surface area contributed by atoms with Crippen LogP contribution in [-0.4, -0.2) is 16.7 Å². The average molecular weight is 249 g/mol. The Balaban J connectivity index is 2.37. The molecule has 0 saturated heterocycles. The molecule has 1 aliphatic rings. The molecular weight excluding hydrogens is 237 g/mol. The minimum Gasteiger partial charge on any atom is -0.478 e. The lowest BCUT2D eigenvalue weighted by Crippen LogP contribution is -2.41. The maximum absolute atomic E-state index is 13.4. The molecule has 0 atom stereocenters. The van der Waals surface area contributed by atoms with Gasteiger partial charge < -0.3 is 9.84 Å². The smallest absolute Gasteiger partial charge is 0.348 e. The molecule has 0 aliphatic heterocycles. The Morgan fingerprint density at radius 2 is 2.11 bits per heavy atom. The number of benzene rings is 1. The molecule has 1 aromatic rings. The van der Waals surface area contributed by atoms with Crippen LogP contribution in [0.4, 0.5) is 4.39 Å². The molecule has 4 nitrogen and oxygen atoms in total. The lowest BCUT2D eigenvalue weighted by molar-refractivity contribution is -0.154. The zero-order valence-electron chi connectivity index (χ0n) is 9.65. The van der Waals surface area contributed by atoms with E-state index < -0.39 is 17.4 Å². The third kappa shape index (κ3) is 2.02. The number of rotatable bonds is 3. The summed E-state index contributed by atoms with van der Waals surface area (Å²) in [6.45, 7) is 0. The van der Waals surface area contributed by atoms with E-state index in [0.29, 0.717) is 12.8 Å². The second-order valence-corrected chi connectivity index (χ2v) is 4.33. The number of hydrogen-bond donors (Lipinski definition) is 1. The number of nitrogens with zero attached hydrogens (tertiary/aromatic N) is 1. The molecule has 0 radical (unpaired) electrons. The van der Waals surface area contributed by atoms with Crippen molar-refractivity contribution in [3.63, 3.8) is 0 Å². The number of hydrogen-bond acceptors (Lipinski definition) is 3. The van der Waals surface area contributed by atoms with Crippen molar-refractivity contribution < 1.29 is 19.0 Å². The van der Waals surface area contributed by atoms with E-state index in [0.717, 1.165) is 18.9 Å². The largest absolute Gasteiger partial charge is 0.478 e. The maximum atomic E-state index is 13.4. The SMILES string of the molecule is N#Cc1c(F)cccc1OC1(C(=O)O)CCCC1. The lowest BCUT2D eigenvalue weighted by atomic mass is 10.0. The molecule has 1 aromatic carbocycles. The van der Waals surface area contributed by atoms with Gasteiger partial charge in [0.05, 0.1) is 0 Å². The van der Waals surface area contributed by atoms with Crippen LogP contribution in [0.5, 0.6) is 5.75 Å². The molecule has 1 saturated carbocycles. The van der Waals surface area contributed by atoms with E-state index in [1.165, 1.54) is 12.1 Å². The van der Waals surface area contributed by atoms with Crippen molar-refractivity contribution in [3.8, 4) is 11.8 Å². The van der Waals surface area contributed by atoms with Crippen LogP contribution in [0, 0.1) is 17.1 Å². The van der Waals surface area contributed by atoms with Gasteiger partial charge >= 0.3 is 5.97 Å². The number of halogens is 1. The summed E-state index contributed by atoms with van der Waals surface area (Å²) in [5.41, 5.74) is -1.57. The van der Waals surface area contributed by atoms with Crippen molar-refractivity contribution in [3.05, 3.63) is 29.6 Å². The third-order valence-corrected chi connectivity index (χ3v) is 3.19. The van der Waals surface area contributed by atoms with Crippen molar-refractivity contribution in [2.75, 3.05) is 0 Å². The average Bonchev–Trinajstić information content (AvgIpc) is 2.79. The second kappa shape index (κ2) is 4.65. The molecule has 94 valence electrons. The molecule has 0 aromatic heterocycles. The van der Waals surface area contributed by atoms with Gasteiger partial charge in [-0.15, -0.1) is 0 Å². The Labute approximate surface area is 104 Å². The number of carboxylic acids is 1. The van der Waals surface area contributed by atoms with E-state index >= 15 is 0 Å². The zero-order valence-corrected chi connectivity index (χ0v) is 9.65. The van der Waals surface area contributed by atoms with Crippen LogP contribution in [0.25, 0.3) is 0 Å². The van der Waals surface area contributed by atoms with Gasteiger partial charge in [-0.25, -0.2) is 9.18 Å². The van der Waals surface area contributed by atoms with E-state index in [1.807, 2.05) is 0 Å². The molecule has 2 rings (SSSR count). The standard InChI is InChI=1S/C13H12FNO3/c14-10-4-3-5-11(9(10)8-15)18-13(12(16)17)6-1-2-7-13/h3-5H,1-2,6-7H2,(H,16,17). The van der Waals surface area contributed by atoms with Crippen molar-refractivity contribution in [1.29, 1.82) is 5.26 Å². The number of carbonyl (C=O) groups is 1. The van der Waals surface area contributed by atoms with Crippen molar-refractivity contribution in [2.24, 2.45) is 0 Å². The first-order chi connectivity index (χ1) is 8.59. The summed E-state index contributed by atoms with van der Waals surface area (Å²) in [6, 6.07) is 5.67. The lowest BCUT2D eigenvalue weighted by Gasteiger charge is -2.25. The predicted octanol–water partition coefficient (Wildman–Crippen LogP) is 2.47. The molecule has 5 heteroatoms. The molecule has 0 amide bonds. The first-order valence-corrected chi connectivity index (χ1v) is 5.70. The summed E-state index contributed by atoms with van der Waals surface area (Å²) in [5, 5.41) is 18.1. The predicted molar refractivity (Wildman–Crippen MR) is 60.6 cm³/mol. The monoisotopic (exact) mass is 249 g/mol. The summed E-state index contributed by atoms with van der Waals surface area (Å²) in [7, 11) is 0. The highest BCUT2D eigenvalue weighted by atomic mass is 19.1. The van der Waals surface area contributed by atoms with Crippen molar-refractivity contribution >= 4 is 5.97 Å². The minimum absolute atomic E-state index is 0.00167. The molecule has 1 aliphatic carbocycles. The van der Waals surface area contributed by atoms with Gasteiger partial charge in [-0.1, -0.05) is 6.07 Å². The Morgan fingerprint density at radius 3 is 2.67 bits per heavy atom. The van der Waals surface area contributed by atoms with E-state index in [1.54, 1.807) is 6.07 Å². The summed E-state index contributed by atoms with van der Waals surface area (Å²) >= 11 is 0. The van der Waals surface area contributed by atoms with Crippen LogP contribution in [0.3, 0.4) is 0 Å². The Hall–Kier alpha value is -2.09. The van der Waals surface area contributed by atoms with Gasteiger partial charge in [0.2, 0.25) is 5.60 Å². The Bertz CT molecular complexity index is 515. The molecule has 18 heavy (non-hydrogen) atoms. The number of carboxylic acid groups (broad SMARTS) is 1. The number of ether oxygens (including phenoxy) is 1. The molecule has 1 N–H and O–H groups in total.